The largest absolute Gasteiger partial charge is 0.492 e. The fourth-order valence-corrected chi connectivity index (χ4v) is 1.50. The second-order valence-electron chi connectivity index (χ2n) is 3.05. The second-order valence-corrected chi connectivity index (χ2v) is 3.46. The minimum atomic E-state index is 0.648. The molecule has 1 rings (SSSR count). The van der Waals surface area contributed by atoms with Crippen LogP contribution in [0.4, 0.5) is 0 Å². The van der Waals surface area contributed by atoms with Crippen LogP contribution in [0.1, 0.15) is 12.5 Å². The Morgan fingerprint density at radius 1 is 1.43 bits per heavy atom. The van der Waals surface area contributed by atoms with E-state index in [9.17, 15) is 0 Å². The summed E-state index contributed by atoms with van der Waals surface area (Å²) in [6.45, 7) is 3.56. The molecule has 0 unspecified atom stereocenters. The monoisotopic (exact) mass is 213 g/mol. The maximum Gasteiger partial charge on any atom is 0.137 e. The van der Waals surface area contributed by atoms with E-state index in [4.69, 9.17) is 16.3 Å². The van der Waals surface area contributed by atoms with E-state index in [0.717, 1.165) is 18.7 Å². The second kappa shape index (κ2) is 5.89. The Morgan fingerprint density at radius 2 is 2.21 bits per heavy atom. The van der Waals surface area contributed by atoms with Gasteiger partial charge in [0.05, 0.1) is 11.6 Å². The van der Waals surface area contributed by atoms with E-state index in [1.807, 2.05) is 32.2 Å². The summed E-state index contributed by atoms with van der Waals surface area (Å²) in [7, 11) is 1.94. The van der Waals surface area contributed by atoms with Crippen molar-refractivity contribution in [1.29, 1.82) is 0 Å². The number of rotatable bonds is 5. The lowest BCUT2D eigenvalue weighted by atomic mass is 10.1. The molecule has 0 fully saturated rings. The average Bonchev–Trinajstić information content (AvgIpc) is 2.19. The van der Waals surface area contributed by atoms with E-state index in [1.165, 1.54) is 5.56 Å². The quantitative estimate of drug-likeness (QED) is 0.812. The lowest BCUT2D eigenvalue weighted by Crippen LogP contribution is -2.10. The molecule has 0 saturated heterocycles. The maximum atomic E-state index is 6.04. The van der Waals surface area contributed by atoms with Gasteiger partial charge in [-0.15, -0.1) is 0 Å². The molecule has 0 heterocycles. The van der Waals surface area contributed by atoms with Crippen molar-refractivity contribution in [3.05, 3.63) is 28.8 Å². The normalized spacial score (nSPS) is 10.2. The molecule has 0 aliphatic rings. The average molecular weight is 214 g/mol. The number of halogens is 1. The van der Waals surface area contributed by atoms with Gasteiger partial charge < -0.3 is 10.1 Å². The molecule has 0 atom stereocenters. The molecule has 78 valence electrons. The molecular formula is C11H16ClNO. The summed E-state index contributed by atoms with van der Waals surface area (Å²) >= 11 is 6.04. The Hall–Kier alpha value is -0.730. The Balaban J connectivity index is 2.68. The van der Waals surface area contributed by atoms with Crippen LogP contribution < -0.4 is 10.1 Å². The fourth-order valence-electron chi connectivity index (χ4n) is 1.24. The minimum Gasteiger partial charge on any atom is -0.492 e. The first-order valence-electron chi connectivity index (χ1n) is 4.83. The van der Waals surface area contributed by atoms with E-state index < -0.39 is 0 Å². The SMILES string of the molecule is CCOc1ccc(CCNC)cc1Cl. The van der Waals surface area contributed by atoms with Crippen molar-refractivity contribution in [2.45, 2.75) is 13.3 Å². The van der Waals surface area contributed by atoms with E-state index in [1.54, 1.807) is 0 Å². The van der Waals surface area contributed by atoms with Crippen LogP contribution in [-0.4, -0.2) is 20.2 Å². The van der Waals surface area contributed by atoms with Gasteiger partial charge in [0.15, 0.2) is 0 Å². The zero-order valence-electron chi connectivity index (χ0n) is 8.64. The van der Waals surface area contributed by atoms with Crippen LogP contribution in [0.3, 0.4) is 0 Å². The molecule has 0 spiro atoms. The van der Waals surface area contributed by atoms with Crippen molar-refractivity contribution in [3.8, 4) is 5.75 Å². The molecule has 3 heteroatoms. The van der Waals surface area contributed by atoms with Gasteiger partial charge >= 0.3 is 0 Å². The van der Waals surface area contributed by atoms with Crippen molar-refractivity contribution in [2.24, 2.45) is 0 Å². The first kappa shape index (κ1) is 11.3. The Morgan fingerprint density at radius 3 is 2.79 bits per heavy atom. The number of ether oxygens (including phenoxy) is 1. The third kappa shape index (κ3) is 3.20. The smallest absolute Gasteiger partial charge is 0.137 e. The highest BCUT2D eigenvalue weighted by Gasteiger charge is 2.01. The number of likely N-dealkylation sites (N-methyl/N-ethyl adjacent to an activating group) is 1. The molecule has 0 saturated carbocycles. The van der Waals surface area contributed by atoms with Gasteiger partial charge in [-0.25, -0.2) is 0 Å². The van der Waals surface area contributed by atoms with Gasteiger partial charge in [0.2, 0.25) is 0 Å². The predicted molar refractivity (Wildman–Crippen MR) is 60.3 cm³/mol. The first-order chi connectivity index (χ1) is 6.77. The molecule has 0 aliphatic heterocycles. The van der Waals surface area contributed by atoms with Crippen molar-refractivity contribution in [2.75, 3.05) is 20.2 Å². The van der Waals surface area contributed by atoms with Crippen LogP contribution in [0.15, 0.2) is 18.2 Å². The minimum absolute atomic E-state index is 0.648. The third-order valence-electron chi connectivity index (χ3n) is 1.96. The number of hydrogen-bond acceptors (Lipinski definition) is 2. The number of hydrogen-bond donors (Lipinski definition) is 1. The molecule has 0 bridgehead atoms. The van der Waals surface area contributed by atoms with Crippen LogP contribution in [0.2, 0.25) is 5.02 Å². The molecule has 14 heavy (non-hydrogen) atoms. The molecular weight excluding hydrogens is 198 g/mol. The zero-order valence-corrected chi connectivity index (χ0v) is 9.40. The summed E-state index contributed by atoms with van der Waals surface area (Å²) in [5.74, 6) is 0.766. The standard InChI is InChI=1S/C11H16ClNO/c1-3-14-11-5-4-9(6-7-13-2)8-10(11)12/h4-5,8,13H,3,6-7H2,1-2H3. The van der Waals surface area contributed by atoms with Crippen LogP contribution in [0.5, 0.6) is 5.75 Å². The van der Waals surface area contributed by atoms with E-state index >= 15 is 0 Å². The van der Waals surface area contributed by atoms with Gasteiger partial charge in [-0.3, -0.25) is 0 Å². The van der Waals surface area contributed by atoms with E-state index in [2.05, 4.69) is 5.32 Å². The number of nitrogens with one attached hydrogen (secondary N) is 1. The third-order valence-corrected chi connectivity index (χ3v) is 2.26. The highest BCUT2D eigenvalue weighted by molar-refractivity contribution is 6.32. The van der Waals surface area contributed by atoms with Crippen LogP contribution in [0.25, 0.3) is 0 Å². The summed E-state index contributed by atoms with van der Waals surface area (Å²) in [6.07, 6.45) is 0.989. The highest BCUT2D eigenvalue weighted by atomic mass is 35.5. The fraction of sp³-hybridized carbons (Fsp3) is 0.455. The Kier molecular flexibility index (Phi) is 4.77. The molecule has 1 aromatic rings. The van der Waals surface area contributed by atoms with Gasteiger partial charge in [-0.1, -0.05) is 17.7 Å². The highest BCUT2D eigenvalue weighted by Crippen LogP contribution is 2.25. The molecule has 0 aromatic heterocycles. The van der Waals surface area contributed by atoms with Crippen LogP contribution >= 0.6 is 11.6 Å². The van der Waals surface area contributed by atoms with Crippen molar-refractivity contribution >= 4 is 11.6 Å². The van der Waals surface area contributed by atoms with E-state index in [-0.39, 0.29) is 0 Å². The summed E-state index contributed by atoms with van der Waals surface area (Å²) in [5, 5.41) is 3.80. The predicted octanol–water partition coefficient (Wildman–Crippen LogP) is 2.50. The first-order valence-corrected chi connectivity index (χ1v) is 5.21. The van der Waals surface area contributed by atoms with Gasteiger partial charge in [0, 0.05) is 0 Å². The summed E-state index contributed by atoms with van der Waals surface area (Å²) in [5.41, 5.74) is 1.23. The van der Waals surface area contributed by atoms with Crippen molar-refractivity contribution < 1.29 is 4.74 Å². The Bertz CT molecular complexity index is 289. The Labute approximate surface area is 90.2 Å². The van der Waals surface area contributed by atoms with Gasteiger partial charge in [0.25, 0.3) is 0 Å². The maximum absolute atomic E-state index is 6.04. The lowest BCUT2D eigenvalue weighted by Gasteiger charge is -2.07. The van der Waals surface area contributed by atoms with Crippen molar-refractivity contribution in [1.82, 2.24) is 5.32 Å². The van der Waals surface area contributed by atoms with Gasteiger partial charge in [0.1, 0.15) is 5.75 Å². The van der Waals surface area contributed by atoms with E-state index in [0.29, 0.717) is 11.6 Å². The molecule has 1 N–H and O–H groups in total. The molecule has 0 amide bonds. The van der Waals surface area contributed by atoms with Crippen LogP contribution in [-0.2, 0) is 6.42 Å². The van der Waals surface area contributed by atoms with Gasteiger partial charge in [-0.2, -0.15) is 0 Å². The number of benzene rings is 1. The summed E-state index contributed by atoms with van der Waals surface area (Å²) < 4.78 is 5.35. The van der Waals surface area contributed by atoms with Crippen LogP contribution in [0, 0.1) is 0 Å². The lowest BCUT2D eigenvalue weighted by molar-refractivity contribution is 0.340. The van der Waals surface area contributed by atoms with Crippen molar-refractivity contribution in [3.63, 3.8) is 0 Å². The van der Waals surface area contributed by atoms with Gasteiger partial charge in [-0.05, 0) is 44.6 Å². The molecule has 1 aromatic carbocycles. The molecule has 0 aliphatic carbocycles. The summed E-state index contributed by atoms with van der Waals surface area (Å²) in [6, 6.07) is 5.94. The summed E-state index contributed by atoms with van der Waals surface area (Å²) in [4.78, 5) is 0. The molecule has 2 nitrogen and oxygen atoms in total. The zero-order chi connectivity index (χ0) is 10.4. The topological polar surface area (TPSA) is 21.3 Å². The molecule has 0 radical (unpaired) electrons.